The average molecular weight is 329 g/mol. The molecule has 0 saturated heterocycles. The zero-order chi connectivity index (χ0) is 15.6. The number of hydrogen-bond donors (Lipinski definition) is 0. The molecule has 3 atom stereocenters. The van der Waals surface area contributed by atoms with Gasteiger partial charge < -0.3 is 4.74 Å². The smallest absolute Gasteiger partial charge is 0.338 e. The molecule has 2 rings (SSSR count). The molecule has 1 saturated carbocycles. The Balaban J connectivity index is 2.10. The minimum absolute atomic E-state index is 0.00398. The van der Waals surface area contributed by atoms with E-state index in [1.54, 1.807) is 18.2 Å². The van der Waals surface area contributed by atoms with Crippen molar-refractivity contribution in [3.8, 4) is 0 Å². The quantitative estimate of drug-likeness (QED) is 0.674. The molecule has 1 aliphatic carbocycles. The molecule has 0 spiro atoms. The summed E-state index contributed by atoms with van der Waals surface area (Å²) in [7, 11) is 0. The molecule has 4 heteroatoms. The minimum atomic E-state index is -0.307. The molecular weight excluding hydrogens is 307 g/mol. The topological polar surface area (TPSA) is 26.3 Å². The van der Waals surface area contributed by atoms with Crippen molar-refractivity contribution in [2.75, 3.05) is 0 Å². The predicted octanol–water partition coefficient (Wildman–Crippen LogP) is 5.61. The molecule has 2 nitrogen and oxygen atoms in total. The van der Waals surface area contributed by atoms with Crippen molar-refractivity contribution >= 4 is 29.2 Å². The van der Waals surface area contributed by atoms with Crippen LogP contribution in [0.3, 0.4) is 0 Å². The van der Waals surface area contributed by atoms with Gasteiger partial charge in [0.1, 0.15) is 6.10 Å². The summed E-state index contributed by atoms with van der Waals surface area (Å²) in [6, 6.07) is 4.86. The molecule has 1 aromatic carbocycles. The molecule has 1 aromatic rings. The van der Waals surface area contributed by atoms with E-state index in [0.717, 1.165) is 12.8 Å². The lowest BCUT2D eigenvalue weighted by Crippen LogP contribution is -2.35. The van der Waals surface area contributed by atoms with E-state index in [0.29, 0.717) is 33.4 Å². The lowest BCUT2D eigenvalue weighted by Gasteiger charge is -2.36. The molecule has 1 fully saturated rings. The average Bonchev–Trinajstić information content (AvgIpc) is 2.41. The van der Waals surface area contributed by atoms with E-state index >= 15 is 0 Å². The maximum absolute atomic E-state index is 12.3. The fourth-order valence-corrected chi connectivity index (χ4v) is 3.38. The van der Waals surface area contributed by atoms with Gasteiger partial charge in [-0.1, -0.05) is 50.4 Å². The molecule has 0 N–H and O–H groups in total. The normalized spacial score (nSPS) is 25.9. The maximum Gasteiger partial charge on any atom is 0.338 e. The molecule has 0 aromatic heterocycles. The zero-order valence-corrected chi connectivity index (χ0v) is 14.2. The van der Waals surface area contributed by atoms with E-state index in [4.69, 9.17) is 27.9 Å². The second-order valence-corrected chi connectivity index (χ2v) is 7.21. The lowest BCUT2D eigenvalue weighted by atomic mass is 9.75. The molecule has 21 heavy (non-hydrogen) atoms. The number of ether oxygens (including phenoxy) is 1. The van der Waals surface area contributed by atoms with Crippen molar-refractivity contribution in [2.45, 2.75) is 46.1 Å². The number of hydrogen-bond acceptors (Lipinski definition) is 2. The van der Waals surface area contributed by atoms with Gasteiger partial charge in [0, 0.05) is 0 Å². The number of halogens is 2. The van der Waals surface area contributed by atoms with Gasteiger partial charge in [-0.3, -0.25) is 0 Å². The van der Waals surface area contributed by atoms with Gasteiger partial charge in [-0.05, 0) is 48.8 Å². The molecule has 0 bridgehead atoms. The largest absolute Gasteiger partial charge is 0.458 e. The second-order valence-electron chi connectivity index (χ2n) is 6.40. The Kier molecular flexibility index (Phi) is 5.56. The van der Waals surface area contributed by atoms with Crippen molar-refractivity contribution in [3.05, 3.63) is 33.8 Å². The van der Waals surface area contributed by atoms with Gasteiger partial charge in [0.25, 0.3) is 0 Å². The second kappa shape index (κ2) is 7.02. The third-order valence-corrected chi connectivity index (χ3v) is 5.11. The highest BCUT2D eigenvalue weighted by atomic mass is 35.5. The zero-order valence-electron chi connectivity index (χ0n) is 12.7. The number of esters is 1. The minimum Gasteiger partial charge on any atom is -0.458 e. The van der Waals surface area contributed by atoms with Crippen LogP contribution in [-0.4, -0.2) is 12.1 Å². The van der Waals surface area contributed by atoms with Gasteiger partial charge in [-0.15, -0.1) is 0 Å². The third-order valence-electron chi connectivity index (χ3n) is 4.38. The number of carbonyl (C=O) groups excluding carboxylic acids is 1. The third kappa shape index (κ3) is 4.14. The van der Waals surface area contributed by atoms with Gasteiger partial charge >= 0.3 is 5.97 Å². The van der Waals surface area contributed by atoms with Gasteiger partial charge in [0.15, 0.2) is 0 Å². The van der Waals surface area contributed by atoms with E-state index in [-0.39, 0.29) is 12.1 Å². The fourth-order valence-electron chi connectivity index (χ4n) is 3.08. The molecular formula is C17H22Cl2O2. The van der Waals surface area contributed by atoms with Crippen molar-refractivity contribution in [1.82, 2.24) is 0 Å². The first-order valence-electron chi connectivity index (χ1n) is 7.54. The molecule has 116 valence electrons. The number of carbonyl (C=O) groups is 1. The number of rotatable bonds is 3. The first kappa shape index (κ1) is 16.6. The van der Waals surface area contributed by atoms with E-state index in [2.05, 4.69) is 20.8 Å². The molecule has 1 aliphatic rings. The molecule has 0 unspecified atom stereocenters. The Hall–Kier alpha value is -0.730. The van der Waals surface area contributed by atoms with E-state index in [1.807, 2.05) is 0 Å². The van der Waals surface area contributed by atoms with Crippen molar-refractivity contribution in [2.24, 2.45) is 17.8 Å². The Labute approximate surface area is 136 Å². The van der Waals surface area contributed by atoms with Gasteiger partial charge in [-0.25, -0.2) is 4.79 Å². The Morgan fingerprint density at radius 2 is 1.95 bits per heavy atom. The van der Waals surface area contributed by atoms with Crippen LogP contribution < -0.4 is 0 Å². The predicted molar refractivity (Wildman–Crippen MR) is 87.0 cm³/mol. The van der Waals surface area contributed by atoms with E-state index < -0.39 is 0 Å². The van der Waals surface area contributed by atoms with Crippen LogP contribution in [0.25, 0.3) is 0 Å². The highest BCUT2D eigenvalue weighted by molar-refractivity contribution is 6.42. The van der Waals surface area contributed by atoms with Crippen LogP contribution in [0.2, 0.25) is 10.0 Å². The van der Waals surface area contributed by atoms with Gasteiger partial charge in [-0.2, -0.15) is 0 Å². The van der Waals surface area contributed by atoms with Crippen molar-refractivity contribution < 1.29 is 9.53 Å². The van der Waals surface area contributed by atoms with E-state index in [9.17, 15) is 4.79 Å². The first-order chi connectivity index (χ1) is 9.88. The fraction of sp³-hybridized carbons (Fsp3) is 0.588. The Morgan fingerprint density at radius 1 is 1.24 bits per heavy atom. The highest BCUT2D eigenvalue weighted by Gasteiger charge is 2.33. The summed E-state index contributed by atoms with van der Waals surface area (Å²) in [5.74, 6) is 1.25. The van der Waals surface area contributed by atoms with E-state index in [1.165, 1.54) is 6.42 Å². The summed E-state index contributed by atoms with van der Waals surface area (Å²) in [4.78, 5) is 12.3. The van der Waals surface area contributed by atoms with Crippen LogP contribution in [-0.2, 0) is 4.74 Å². The van der Waals surface area contributed by atoms with Crippen LogP contribution in [0, 0.1) is 17.8 Å². The first-order valence-corrected chi connectivity index (χ1v) is 8.30. The van der Waals surface area contributed by atoms with Gasteiger partial charge in [0.05, 0.1) is 15.6 Å². The molecule has 0 amide bonds. The monoisotopic (exact) mass is 328 g/mol. The highest BCUT2D eigenvalue weighted by Crippen LogP contribution is 2.36. The summed E-state index contributed by atoms with van der Waals surface area (Å²) in [5.41, 5.74) is 0.463. The summed E-state index contributed by atoms with van der Waals surface area (Å²) >= 11 is 11.8. The molecule has 0 heterocycles. The van der Waals surface area contributed by atoms with Crippen LogP contribution in [0.5, 0.6) is 0 Å². The summed E-state index contributed by atoms with van der Waals surface area (Å²) in [5, 5.41) is 0.822. The summed E-state index contributed by atoms with van der Waals surface area (Å²) in [6.07, 6.45) is 3.27. The summed E-state index contributed by atoms with van der Waals surface area (Å²) in [6.45, 7) is 6.61. The Morgan fingerprint density at radius 3 is 2.57 bits per heavy atom. The SMILES string of the molecule is CC(C)[C@H]1CC[C@@H](C)C[C@@H]1OC(=O)c1ccc(Cl)c(Cl)c1. The van der Waals surface area contributed by atoms with Crippen LogP contribution >= 0.6 is 23.2 Å². The maximum atomic E-state index is 12.3. The van der Waals surface area contributed by atoms with Crippen LogP contribution in [0.4, 0.5) is 0 Å². The van der Waals surface area contributed by atoms with Crippen LogP contribution in [0.15, 0.2) is 18.2 Å². The summed E-state index contributed by atoms with van der Waals surface area (Å²) < 4.78 is 5.78. The van der Waals surface area contributed by atoms with Crippen LogP contribution in [0.1, 0.15) is 50.4 Å². The van der Waals surface area contributed by atoms with Crippen molar-refractivity contribution in [3.63, 3.8) is 0 Å². The van der Waals surface area contributed by atoms with Crippen molar-refractivity contribution in [1.29, 1.82) is 0 Å². The Bertz CT molecular complexity index is 514. The lowest BCUT2D eigenvalue weighted by molar-refractivity contribution is -0.0174. The number of benzene rings is 1. The van der Waals surface area contributed by atoms with Gasteiger partial charge in [0.2, 0.25) is 0 Å². The molecule has 0 aliphatic heterocycles. The molecule has 0 radical (unpaired) electrons. The standard InChI is InChI=1S/C17H22Cl2O2/c1-10(2)13-6-4-11(3)8-16(13)21-17(20)12-5-7-14(18)15(19)9-12/h5,7,9-11,13,16H,4,6,8H2,1-3H3/t11-,13-,16+/m1/s1.